The molecule has 8 nitrogen and oxygen atoms in total. The first kappa shape index (κ1) is 29.1. The number of sulfonamides is 1. The summed E-state index contributed by atoms with van der Waals surface area (Å²) in [6, 6.07) is 11.6. The topological polar surface area (TPSA) is 96.0 Å². The second-order valence-electron chi connectivity index (χ2n) is 9.70. The SMILES string of the molecule is COc1cccc(CN(C(=O)CCCN(c2ccc(F)cc2)S(C)(=O)=O)[C@@H](C)C(=O)NC(C)(C)C)c1. The van der Waals surface area contributed by atoms with E-state index in [9.17, 15) is 22.4 Å². The van der Waals surface area contributed by atoms with E-state index in [4.69, 9.17) is 4.74 Å². The van der Waals surface area contributed by atoms with Crippen LogP contribution in [-0.2, 0) is 26.2 Å². The van der Waals surface area contributed by atoms with Gasteiger partial charge in [0.05, 0.1) is 19.1 Å². The summed E-state index contributed by atoms with van der Waals surface area (Å²) in [6.45, 7) is 7.47. The number of ether oxygens (including phenoxy) is 1. The lowest BCUT2D eigenvalue weighted by Crippen LogP contribution is -2.52. The molecule has 0 saturated heterocycles. The van der Waals surface area contributed by atoms with Crippen molar-refractivity contribution in [1.82, 2.24) is 10.2 Å². The molecule has 0 radical (unpaired) electrons. The van der Waals surface area contributed by atoms with Gasteiger partial charge in [0.1, 0.15) is 17.6 Å². The Kier molecular flexibility index (Phi) is 9.86. The van der Waals surface area contributed by atoms with Gasteiger partial charge in [-0.3, -0.25) is 13.9 Å². The van der Waals surface area contributed by atoms with Crippen LogP contribution in [0, 0.1) is 5.82 Å². The van der Waals surface area contributed by atoms with Crippen LogP contribution in [0.1, 0.15) is 46.1 Å². The van der Waals surface area contributed by atoms with Crippen LogP contribution in [0.3, 0.4) is 0 Å². The number of hydrogen-bond acceptors (Lipinski definition) is 5. The number of carbonyl (C=O) groups is 2. The lowest BCUT2D eigenvalue weighted by Gasteiger charge is -2.32. The Labute approximate surface area is 213 Å². The highest BCUT2D eigenvalue weighted by Crippen LogP contribution is 2.20. The summed E-state index contributed by atoms with van der Waals surface area (Å²) in [5.41, 5.74) is 0.640. The van der Waals surface area contributed by atoms with Crippen molar-refractivity contribution < 1.29 is 27.1 Å². The molecule has 10 heteroatoms. The molecule has 0 aliphatic carbocycles. The second-order valence-corrected chi connectivity index (χ2v) is 11.6. The maximum atomic E-state index is 13.3. The first-order chi connectivity index (χ1) is 16.7. The molecule has 0 aromatic heterocycles. The molecule has 0 saturated carbocycles. The van der Waals surface area contributed by atoms with Crippen LogP contribution in [0.15, 0.2) is 48.5 Å². The first-order valence-electron chi connectivity index (χ1n) is 11.7. The highest BCUT2D eigenvalue weighted by Gasteiger charge is 2.28. The van der Waals surface area contributed by atoms with Crippen LogP contribution >= 0.6 is 0 Å². The van der Waals surface area contributed by atoms with Gasteiger partial charge in [-0.2, -0.15) is 0 Å². The lowest BCUT2D eigenvalue weighted by atomic mass is 10.1. The minimum atomic E-state index is -3.65. The average Bonchev–Trinajstić information content (AvgIpc) is 2.78. The van der Waals surface area contributed by atoms with Gasteiger partial charge < -0.3 is 15.0 Å². The summed E-state index contributed by atoms with van der Waals surface area (Å²) in [7, 11) is -2.10. The van der Waals surface area contributed by atoms with Crippen molar-refractivity contribution >= 4 is 27.5 Å². The zero-order valence-corrected chi connectivity index (χ0v) is 22.6. The summed E-state index contributed by atoms with van der Waals surface area (Å²) in [6.07, 6.45) is 1.29. The fourth-order valence-corrected chi connectivity index (χ4v) is 4.60. The molecule has 2 rings (SSSR count). The molecular formula is C26H36FN3O5S. The highest BCUT2D eigenvalue weighted by molar-refractivity contribution is 7.92. The minimum absolute atomic E-state index is 0.0182. The Balaban J connectivity index is 2.20. The van der Waals surface area contributed by atoms with Crippen molar-refractivity contribution in [3.8, 4) is 5.75 Å². The molecule has 1 atom stereocenters. The summed E-state index contributed by atoms with van der Waals surface area (Å²) in [5.74, 6) is -0.419. The fourth-order valence-electron chi connectivity index (χ4n) is 3.64. The number of amides is 2. The van der Waals surface area contributed by atoms with E-state index in [1.54, 1.807) is 26.2 Å². The van der Waals surface area contributed by atoms with Crippen LogP contribution in [-0.4, -0.2) is 56.6 Å². The van der Waals surface area contributed by atoms with Crippen LogP contribution in [0.5, 0.6) is 5.75 Å². The number of halogens is 1. The number of benzene rings is 2. The lowest BCUT2D eigenvalue weighted by molar-refractivity contribution is -0.141. The molecule has 0 spiro atoms. The van der Waals surface area contributed by atoms with E-state index >= 15 is 0 Å². The Bertz CT molecular complexity index is 1150. The van der Waals surface area contributed by atoms with Crippen LogP contribution in [0.2, 0.25) is 0 Å². The monoisotopic (exact) mass is 521 g/mol. The largest absolute Gasteiger partial charge is 0.497 e. The smallest absolute Gasteiger partial charge is 0.242 e. The molecule has 0 aliphatic rings. The maximum Gasteiger partial charge on any atom is 0.242 e. The summed E-state index contributed by atoms with van der Waals surface area (Å²) >= 11 is 0. The number of carbonyl (C=O) groups excluding carboxylic acids is 2. The second kappa shape index (κ2) is 12.2. The van der Waals surface area contributed by atoms with Crippen molar-refractivity contribution in [2.24, 2.45) is 0 Å². The van der Waals surface area contributed by atoms with Gasteiger partial charge in [-0.1, -0.05) is 12.1 Å². The van der Waals surface area contributed by atoms with Gasteiger partial charge in [-0.15, -0.1) is 0 Å². The Morgan fingerprint density at radius 1 is 1.11 bits per heavy atom. The quantitative estimate of drug-likeness (QED) is 0.486. The van der Waals surface area contributed by atoms with E-state index in [0.717, 1.165) is 16.1 Å². The molecule has 0 unspecified atom stereocenters. The van der Waals surface area contributed by atoms with E-state index in [-0.39, 0.29) is 37.7 Å². The minimum Gasteiger partial charge on any atom is -0.497 e. The zero-order valence-electron chi connectivity index (χ0n) is 21.7. The standard InChI is InChI=1S/C26H36FN3O5S/c1-19(25(32)28-26(2,3)4)29(18-20-9-7-10-23(17-20)35-5)24(31)11-8-16-30(36(6,33)34)22-14-12-21(27)13-15-22/h7,9-10,12-15,17,19H,8,11,16,18H2,1-6H3,(H,28,32)/t19-/m0/s1. The van der Waals surface area contributed by atoms with Crippen molar-refractivity contribution in [3.05, 3.63) is 59.9 Å². The van der Waals surface area contributed by atoms with Gasteiger partial charge in [0, 0.05) is 25.0 Å². The molecule has 2 aromatic rings. The van der Waals surface area contributed by atoms with Gasteiger partial charge in [0.15, 0.2) is 0 Å². The summed E-state index contributed by atoms with van der Waals surface area (Å²) in [5, 5.41) is 2.91. The number of rotatable bonds is 11. The number of hydrogen-bond donors (Lipinski definition) is 1. The Morgan fingerprint density at radius 2 is 1.75 bits per heavy atom. The normalized spacial score (nSPS) is 12.5. The van der Waals surface area contributed by atoms with E-state index < -0.39 is 27.4 Å². The van der Waals surface area contributed by atoms with Gasteiger partial charge in [-0.25, -0.2) is 12.8 Å². The molecule has 36 heavy (non-hydrogen) atoms. The third kappa shape index (κ3) is 8.82. The molecular weight excluding hydrogens is 485 g/mol. The molecule has 2 aromatic carbocycles. The van der Waals surface area contributed by atoms with Crippen LogP contribution in [0.4, 0.5) is 10.1 Å². The van der Waals surface area contributed by atoms with Gasteiger partial charge >= 0.3 is 0 Å². The number of methoxy groups -OCH3 is 1. The van der Waals surface area contributed by atoms with E-state index in [2.05, 4.69) is 5.32 Å². The van der Waals surface area contributed by atoms with Crippen molar-refractivity contribution in [2.45, 2.75) is 58.7 Å². The highest BCUT2D eigenvalue weighted by atomic mass is 32.2. The van der Waals surface area contributed by atoms with E-state index in [1.165, 1.54) is 29.2 Å². The summed E-state index contributed by atoms with van der Waals surface area (Å²) < 4.78 is 44.4. The third-order valence-corrected chi connectivity index (χ3v) is 6.61. The number of nitrogens with one attached hydrogen (secondary N) is 1. The molecule has 0 aliphatic heterocycles. The summed E-state index contributed by atoms with van der Waals surface area (Å²) in [4.78, 5) is 27.7. The average molecular weight is 522 g/mol. The van der Waals surface area contributed by atoms with Crippen LogP contribution in [0.25, 0.3) is 0 Å². The number of nitrogens with zero attached hydrogens (tertiary/aromatic N) is 2. The van der Waals surface area contributed by atoms with Gasteiger partial charge in [0.2, 0.25) is 21.8 Å². The van der Waals surface area contributed by atoms with Gasteiger partial charge in [-0.05, 0) is 76.1 Å². The first-order valence-corrected chi connectivity index (χ1v) is 13.5. The van der Waals surface area contributed by atoms with Crippen LogP contribution < -0.4 is 14.4 Å². The molecule has 0 fully saturated rings. The molecule has 198 valence electrons. The molecule has 2 amide bonds. The Morgan fingerprint density at radius 3 is 2.31 bits per heavy atom. The fraction of sp³-hybridized carbons (Fsp3) is 0.462. The predicted molar refractivity (Wildman–Crippen MR) is 139 cm³/mol. The molecule has 1 N–H and O–H groups in total. The number of anilines is 1. The Hall–Kier alpha value is -3.14. The van der Waals surface area contributed by atoms with E-state index in [1.807, 2.05) is 32.9 Å². The van der Waals surface area contributed by atoms with Crippen molar-refractivity contribution in [3.63, 3.8) is 0 Å². The maximum absolute atomic E-state index is 13.3. The van der Waals surface area contributed by atoms with Gasteiger partial charge in [0.25, 0.3) is 0 Å². The third-order valence-electron chi connectivity index (χ3n) is 5.42. The zero-order chi connectivity index (χ0) is 27.1. The van der Waals surface area contributed by atoms with Crippen molar-refractivity contribution in [2.75, 3.05) is 24.2 Å². The van der Waals surface area contributed by atoms with Crippen molar-refractivity contribution in [1.29, 1.82) is 0 Å². The molecule has 0 bridgehead atoms. The van der Waals surface area contributed by atoms with E-state index in [0.29, 0.717) is 11.4 Å². The predicted octanol–water partition coefficient (Wildman–Crippen LogP) is 3.71. The molecule has 0 heterocycles.